The Morgan fingerprint density at radius 2 is 2.00 bits per heavy atom. The van der Waals surface area contributed by atoms with Crippen LogP contribution in [-0.2, 0) is 4.79 Å². The summed E-state index contributed by atoms with van der Waals surface area (Å²) in [5.74, 6) is 0.833. The summed E-state index contributed by atoms with van der Waals surface area (Å²) in [5, 5.41) is 17.5. The number of nitrogens with zero attached hydrogens (tertiary/aromatic N) is 3. The highest BCUT2D eigenvalue weighted by molar-refractivity contribution is 9.10. The van der Waals surface area contributed by atoms with Crippen molar-refractivity contribution in [3.63, 3.8) is 0 Å². The van der Waals surface area contributed by atoms with Gasteiger partial charge >= 0.3 is 0 Å². The third kappa shape index (κ3) is 6.25. The van der Waals surface area contributed by atoms with Crippen molar-refractivity contribution in [2.45, 2.75) is 0 Å². The maximum Gasteiger partial charge on any atom is 0.287 e. The highest BCUT2D eigenvalue weighted by Gasteiger charge is 2.12. The monoisotopic (exact) mass is 499 g/mol. The lowest BCUT2D eigenvalue weighted by atomic mass is 10.2. The molecule has 0 fully saturated rings. The summed E-state index contributed by atoms with van der Waals surface area (Å²) in [6.45, 7) is -0.196. The predicted octanol–water partition coefficient (Wildman–Crippen LogP) is 4.22. The van der Waals surface area contributed by atoms with Gasteiger partial charge in [-0.3, -0.25) is 20.3 Å². The first kappa shape index (κ1) is 22.7. The van der Waals surface area contributed by atoms with E-state index < -0.39 is 4.92 Å². The van der Waals surface area contributed by atoms with Gasteiger partial charge < -0.3 is 14.8 Å². The minimum atomic E-state index is -0.529. The van der Waals surface area contributed by atoms with Gasteiger partial charge in [-0.2, -0.15) is 5.10 Å². The minimum absolute atomic E-state index is 0.111. The molecule has 3 rings (SSSR count). The minimum Gasteiger partial charge on any atom is -0.493 e. The molecule has 0 aliphatic carbocycles. The second kappa shape index (κ2) is 10.9. The number of nitrogens with one attached hydrogen (secondary N) is 2. The highest BCUT2D eigenvalue weighted by atomic mass is 79.9. The Kier molecular flexibility index (Phi) is 7.70. The Morgan fingerprint density at radius 3 is 2.66 bits per heavy atom. The molecule has 164 valence electrons. The Hall–Kier alpha value is -3.99. The zero-order chi connectivity index (χ0) is 22.9. The lowest BCUT2D eigenvalue weighted by molar-refractivity contribution is -0.385. The van der Waals surface area contributed by atoms with Crippen LogP contribution in [0.2, 0.25) is 0 Å². The van der Waals surface area contributed by atoms with Gasteiger partial charge in [-0.25, -0.2) is 4.98 Å². The van der Waals surface area contributed by atoms with Crippen LogP contribution in [0.25, 0.3) is 0 Å². The number of benzene rings is 2. The van der Waals surface area contributed by atoms with E-state index in [1.165, 1.54) is 25.5 Å². The van der Waals surface area contributed by atoms with E-state index >= 15 is 0 Å². The number of para-hydroxylation sites is 1. The van der Waals surface area contributed by atoms with Crippen molar-refractivity contribution in [2.24, 2.45) is 5.10 Å². The fourth-order valence-corrected chi connectivity index (χ4v) is 2.94. The molecule has 0 aliphatic heterocycles. The summed E-state index contributed by atoms with van der Waals surface area (Å²) in [7, 11) is 1.49. The molecule has 2 N–H and O–H groups in total. The molecular weight excluding hydrogens is 482 g/mol. The second-order valence-corrected chi connectivity index (χ2v) is 7.11. The van der Waals surface area contributed by atoms with Crippen molar-refractivity contribution in [3.8, 4) is 11.5 Å². The first-order valence-corrected chi connectivity index (χ1v) is 10.0. The number of aromatic nitrogens is 1. The number of hydrazone groups is 1. The molecule has 0 aliphatic rings. The lowest BCUT2D eigenvalue weighted by Crippen LogP contribution is -2.20. The van der Waals surface area contributed by atoms with Crippen LogP contribution in [0.4, 0.5) is 17.2 Å². The molecule has 0 radical (unpaired) electrons. The molecule has 1 aromatic heterocycles. The lowest BCUT2D eigenvalue weighted by Gasteiger charge is -2.13. The van der Waals surface area contributed by atoms with Crippen LogP contribution in [-0.4, -0.2) is 35.7 Å². The number of rotatable bonds is 9. The van der Waals surface area contributed by atoms with E-state index in [-0.39, 0.29) is 18.2 Å². The van der Waals surface area contributed by atoms with E-state index in [9.17, 15) is 14.9 Å². The molecule has 1 heterocycles. The fraction of sp³-hybridized carbons (Fsp3) is 0.0952. The summed E-state index contributed by atoms with van der Waals surface area (Å²) >= 11 is 3.44. The topological polar surface area (TPSA) is 128 Å². The van der Waals surface area contributed by atoms with E-state index in [4.69, 9.17) is 9.47 Å². The van der Waals surface area contributed by atoms with Gasteiger partial charge in [-0.05, 0) is 46.3 Å². The van der Waals surface area contributed by atoms with Gasteiger partial charge in [0.1, 0.15) is 12.0 Å². The zero-order valence-corrected chi connectivity index (χ0v) is 18.4. The average molecular weight is 500 g/mol. The van der Waals surface area contributed by atoms with E-state index in [1.54, 1.807) is 24.3 Å². The third-order valence-corrected chi connectivity index (χ3v) is 4.73. The molecule has 0 bridgehead atoms. The molecule has 0 saturated heterocycles. The van der Waals surface area contributed by atoms with Crippen LogP contribution in [0.3, 0.4) is 0 Å². The number of carbonyl (C=O) groups excluding carboxylic acids is 1. The molecule has 0 saturated carbocycles. The number of hydrogen-bond donors (Lipinski definition) is 2. The quantitative estimate of drug-likeness (QED) is 0.256. The summed E-state index contributed by atoms with van der Waals surface area (Å²) in [4.78, 5) is 26.2. The maximum atomic E-state index is 12.1. The molecule has 2 aromatic carbocycles. The van der Waals surface area contributed by atoms with Crippen LogP contribution >= 0.6 is 15.9 Å². The predicted molar refractivity (Wildman–Crippen MR) is 123 cm³/mol. The number of amides is 1. The van der Waals surface area contributed by atoms with Crippen LogP contribution in [0.1, 0.15) is 5.56 Å². The first-order chi connectivity index (χ1) is 15.5. The molecule has 0 unspecified atom stereocenters. The van der Waals surface area contributed by atoms with Crippen molar-refractivity contribution in [3.05, 3.63) is 80.9 Å². The number of ether oxygens (including phenoxy) is 2. The van der Waals surface area contributed by atoms with Crippen LogP contribution in [0, 0.1) is 10.1 Å². The van der Waals surface area contributed by atoms with Crippen LogP contribution in [0.15, 0.2) is 70.4 Å². The zero-order valence-electron chi connectivity index (χ0n) is 16.8. The van der Waals surface area contributed by atoms with Gasteiger partial charge in [0.05, 0.1) is 18.2 Å². The van der Waals surface area contributed by atoms with Gasteiger partial charge in [0.15, 0.2) is 18.1 Å². The van der Waals surface area contributed by atoms with Crippen molar-refractivity contribution in [2.75, 3.05) is 24.5 Å². The van der Waals surface area contributed by atoms with E-state index in [0.717, 1.165) is 6.20 Å². The molecular formula is C21H18BrN5O5. The van der Waals surface area contributed by atoms with Crippen molar-refractivity contribution in [1.29, 1.82) is 0 Å². The van der Waals surface area contributed by atoms with E-state index in [1.807, 2.05) is 18.2 Å². The number of methoxy groups -OCH3 is 1. The molecule has 32 heavy (non-hydrogen) atoms. The van der Waals surface area contributed by atoms with Crippen LogP contribution in [0.5, 0.6) is 11.5 Å². The highest BCUT2D eigenvalue weighted by Crippen LogP contribution is 2.33. The van der Waals surface area contributed by atoms with Gasteiger partial charge in [0.25, 0.3) is 11.6 Å². The van der Waals surface area contributed by atoms with Crippen molar-refractivity contribution in [1.82, 2.24) is 4.98 Å². The van der Waals surface area contributed by atoms with Gasteiger partial charge in [-0.1, -0.05) is 18.2 Å². The average Bonchev–Trinajstić information content (AvgIpc) is 2.79. The summed E-state index contributed by atoms with van der Waals surface area (Å²) in [6, 6.07) is 15.2. The summed E-state index contributed by atoms with van der Waals surface area (Å²) in [5.41, 5.74) is 3.92. The summed E-state index contributed by atoms with van der Waals surface area (Å²) in [6.07, 6.45) is 2.65. The normalized spacial score (nSPS) is 10.6. The molecule has 1 amide bonds. The van der Waals surface area contributed by atoms with Gasteiger partial charge in [0, 0.05) is 21.8 Å². The Balaban J connectivity index is 1.63. The number of hydrogen-bond acceptors (Lipinski definition) is 8. The van der Waals surface area contributed by atoms with E-state index in [0.29, 0.717) is 33.0 Å². The first-order valence-electron chi connectivity index (χ1n) is 9.21. The second-order valence-electron chi connectivity index (χ2n) is 6.26. The molecule has 0 spiro atoms. The SMILES string of the molecule is COc1cc(/C=N/Nc2ccc([N+](=O)[O-])cn2)c(Br)cc1OCC(=O)Nc1ccccc1. The molecule has 0 atom stereocenters. The third-order valence-electron chi connectivity index (χ3n) is 4.04. The van der Waals surface area contributed by atoms with Crippen LogP contribution < -0.4 is 20.2 Å². The van der Waals surface area contributed by atoms with Gasteiger partial charge in [0.2, 0.25) is 0 Å². The Morgan fingerprint density at radius 1 is 1.22 bits per heavy atom. The number of anilines is 2. The standard InChI is InChI=1S/C21H18BrN5O5/c1-31-18-9-14(11-24-26-20-8-7-16(12-23-20)27(29)30)17(22)10-19(18)32-13-21(28)25-15-5-3-2-4-6-15/h2-12H,13H2,1H3,(H,23,26)(H,25,28)/b24-11+. The number of nitro groups is 1. The van der Waals surface area contributed by atoms with E-state index in [2.05, 4.69) is 36.8 Å². The largest absolute Gasteiger partial charge is 0.493 e. The number of carbonyl (C=O) groups is 1. The summed E-state index contributed by atoms with van der Waals surface area (Å²) < 4.78 is 11.6. The number of halogens is 1. The Bertz CT molecular complexity index is 1120. The molecule has 10 nitrogen and oxygen atoms in total. The Labute approximate surface area is 191 Å². The smallest absolute Gasteiger partial charge is 0.287 e. The maximum absolute atomic E-state index is 12.1. The fourth-order valence-electron chi connectivity index (χ4n) is 2.51. The number of pyridine rings is 1. The van der Waals surface area contributed by atoms with Gasteiger partial charge in [-0.15, -0.1) is 0 Å². The van der Waals surface area contributed by atoms with Crippen molar-refractivity contribution >= 4 is 45.2 Å². The molecule has 11 heteroatoms. The molecule has 3 aromatic rings. The van der Waals surface area contributed by atoms with Crippen molar-refractivity contribution < 1.29 is 19.2 Å².